The van der Waals surface area contributed by atoms with Gasteiger partial charge in [-0.15, -0.1) is 0 Å². The van der Waals surface area contributed by atoms with Crippen LogP contribution in [-0.4, -0.2) is 18.4 Å². The Morgan fingerprint density at radius 1 is 1.15 bits per heavy atom. The summed E-state index contributed by atoms with van der Waals surface area (Å²) in [7, 11) is -4.25. The van der Waals surface area contributed by atoms with Crippen molar-refractivity contribution < 1.29 is 74.1 Å². The van der Waals surface area contributed by atoms with Crippen molar-refractivity contribution in [1.82, 2.24) is 0 Å². The Hall–Kier alpha value is 1.03. The standard InChI is InChI=1S/C6H5O3S.Hg.Na.H2O/c7-10(8,9)6-4-2-1-3-5-6;;;/h2-5H,(H,7,8,9);;;1H2/q;;+1;/p-1. The van der Waals surface area contributed by atoms with Crippen molar-refractivity contribution in [3.63, 3.8) is 0 Å². The Labute approximate surface area is 115 Å². The van der Waals surface area contributed by atoms with E-state index in [9.17, 15) is 13.0 Å². The van der Waals surface area contributed by atoms with Gasteiger partial charge < -0.3 is 5.48 Å². The van der Waals surface area contributed by atoms with Gasteiger partial charge in [-0.1, -0.05) is 0 Å². The van der Waals surface area contributed by atoms with Crippen molar-refractivity contribution in [2.75, 3.05) is 0 Å². The molecule has 0 radical (unpaired) electrons. The molecule has 0 heterocycles. The molecule has 0 fully saturated rings. The number of benzene rings is 1. The SMILES string of the molecule is O.O=S(=O)([O-])c1cc[c]([Hg])cc1.[Na+]. The van der Waals surface area contributed by atoms with E-state index in [2.05, 4.69) is 0 Å². The summed E-state index contributed by atoms with van der Waals surface area (Å²) in [6.45, 7) is 0. The summed E-state index contributed by atoms with van der Waals surface area (Å²) in [5, 5.41) is 0. The molecule has 0 aliphatic carbocycles. The molecular weight excluding hydrogens is 392 g/mol. The van der Waals surface area contributed by atoms with E-state index in [0.717, 1.165) is 3.07 Å². The molecule has 13 heavy (non-hydrogen) atoms. The molecule has 0 amide bonds. The zero-order valence-corrected chi connectivity index (χ0v) is 15.5. The average molecular weight is 398 g/mol. The minimum atomic E-state index is -4.25. The van der Waals surface area contributed by atoms with E-state index in [1.807, 2.05) is 0 Å². The third kappa shape index (κ3) is 5.46. The molecule has 0 aliphatic rings. The minimum Gasteiger partial charge on any atom is 1.00 e. The molecule has 1 aromatic carbocycles. The van der Waals surface area contributed by atoms with E-state index < -0.39 is 10.1 Å². The smallest absolute Gasteiger partial charge is 1.00 e. The first kappa shape index (κ1) is 16.5. The van der Waals surface area contributed by atoms with Crippen LogP contribution < -0.4 is 32.6 Å². The maximum atomic E-state index is 10.4. The predicted octanol–water partition coefficient (Wildman–Crippen LogP) is -4.06. The van der Waals surface area contributed by atoms with Crippen molar-refractivity contribution in [1.29, 1.82) is 0 Å². The number of hydrogen-bond donors (Lipinski definition) is 0. The van der Waals surface area contributed by atoms with Crippen LogP contribution in [-0.2, 0) is 36.2 Å². The van der Waals surface area contributed by atoms with Gasteiger partial charge in [0.15, 0.2) is 0 Å². The molecule has 0 bridgehead atoms. The van der Waals surface area contributed by atoms with Crippen LogP contribution in [0.25, 0.3) is 0 Å². The topological polar surface area (TPSA) is 88.7 Å². The maximum absolute atomic E-state index is 10.4. The number of hydrogen-bond acceptors (Lipinski definition) is 3. The van der Waals surface area contributed by atoms with E-state index in [1.54, 1.807) is 12.1 Å². The fourth-order valence-corrected chi connectivity index (χ4v) is 2.04. The van der Waals surface area contributed by atoms with Gasteiger partial charge in [0.25, 0.3) is 0 Å². The van der Waals surface area contributed by atoms with E-state index in [0.29, 0.717) is 26.1 Å². The average Bonchev–Trinajstić information content (AvgIpc) is 1.86. The molecule has 63 valence electrons. The van der Waals surface area contributed by atoms with Crippen molar-refractivity contribution in [3.8, 4) is 0 Å². The van der Waals surface area contributed by atoms with Gasteiger partial charge in [-0.25, -0.2) is 0 Å². The zero-order valence-electron chi connectivity index (χ0n) is 7.15. The molecule has 0 aromatic heterocycles. The van der Waals surface area contributed by atoms with Gasteiger partial charge in [0.1, 0.15) is 0 Å². The molecule has 0 saturated carbocycles. The summed E-state index contributed by atoms with van der Waals surface area (Å²) in [4.78, 5) is -0.147. The first-order chi connectivity index (χ1) is 5.00. The van der Waals surface area contributed by atoms with Crippen LogP contribution in [0.15, 0.2) is 29.2 Å². The van der Waals surface area contributed by atoms with Gasteiger partial charge in [0.2, 0.25) is 0 Å². The van der Waals surface area contributed by atoms with Crippen LogP contribution >= 0.6 is 0 Å². The summed E-state index contributed by atoms with van der Waals surface area (Å²) in [6.07, 6.45) is 0. The number of rotatable bonds is 1. The minimum absolute atomic E-state index is 0. The second kappa shape index (κ2) is 6.50. The summed E-state index contributed by atoms with van der Waals surface area (Å²) >= 11 is 0.478. The van der Waals surface area contributed by atoms with Crippen molar-refractivity contribution in [3.05, 3.63) is 24.3 Å². The van der Waals surface area contributed by atoms with Crippen LogP contribution in [0, 0.1) is 0 Å². The first-order valence-electron chi connectivity index (χ1n) is 2.88. The monoisotopic (exact) mass is 399 g/mol. The van der Waals surface area contributed by atoms with Crippen LogP contribution in [0.3, 0.4) is 0 Å². The molecule has 7 heteroatoms. The van der Waals surface area contributed by atoms with Gasteiger partial charge in [-0.3, -0.25) is 0 Å². The molecule has 0 unspecified atom stereocenters. The van der Waals surface area contributed by atoms with Gasteiger partial charge in [-0.2, -0.15) is 0 Å². The Morgan fingerprint density at radius 2 is 1.54 bits per heavy atom. The first-order valence-corrected chi connectivity index (χ1v) is 7.04. The molecule has 2 N–H and O–H groups in total. The zero-order chi connectivity index (χ0) is 8.48. The predicted molar refractivity (Wildman–Crippen MR) is 37.7 cm³/mol. The van der Waals surface area contributed by atoms with Crippen LogP contribution in [0.1, 0.15) is 0 Å². The fourth-order valence-electron chi connectivity index (χ4n) is 0.656. The van der Waals surface area contributed by atoms with Crippen LogP contribution in [0.4, 0.5) is 0 Å². The molecular formula is C6H6HgNaO4S. The third-order valence-electron chi connectivity index (χ3n) is 1.21. The Kier molecular flexibility index (Phi) is 8.22. The second-order valence-corrected chi connectivity index (χ2v) is 6.65. The van der Waals surface area contributed by atoms with Crippen molar-refractivity contribution in [2.45, 2.75) is 4.90 Å². The summed E-state index contributed by atoms with van der Waals surface area (Å²) < 4.78 is 32.3. The van der Waals surface area contributed by atoms with Crippen molar-refractivity contribution in [2.24, 2.45) is 0 Å². The quantitative estimate of drug-likeness (QED) is 0.357. The molecule has 1 rings (SSSR count). The molecule has 0 atom stereocenters. The van der Waals surface area contributed by atoms with Gasteiger partial charge in [0, 0.05) is 0 Å². The molecule has 0 spiro atoms. The van der Waals surface area contributed by atoms with Crippen molar-refractivity contribution >= 4 is 13.2 Å². The molecule has 0 saturated heterocycles. The Bertz CT molecular complexity index is 347. The third-order valence-corrected chi connectivity index (χ3v) is 3.89. The Balaban J connectivity index is 0. The largest absolute Gasteiger partial charge is 1.00 e. The summed E-state index contributed by atoms with van der Waals surface area (Å²) in [5.41, 5.74) is 0. The fraction of sp³-hybridized carbons (Fsp3) is 0. The van der Waals surface area contributed by atoms with E-state index in [1.165, 1.54) is 12.1 Å². The van der Waals surface area contributed by atoms with E-state index >= 15 is 0 Å². The molecule has 1 aromatic rings. The summed E-state index contributed by atoms with van der Waals surface area (Å²) in [5.74, 6) is 0. The van der Waals surface area contributed by atoms with E-state index in [-0.39, 0.29) is 39.9 Å². The van der Waals surface area contributed by atoms with Crippen LogP contribution in [0.5, 0.6) is 0 Å². The molecule has 0 aliphatic heterocycles. The van der Waals surface area contributed by atoms with Gasteiger partial charge >= 0.3 is 111 Å². The maximum Gasteiger partial charge on any atom is 1.00 e. The Morgan fingerprint density at radius 3 is 1.85 bits per heavy atom. The van der Waals surface area contributed by atoms with Gasteiger partial charge in [-0.05, 0) is 0 Å². The van der Waals surface area contributed by atoms with Crippen LogP contribution in [0.2, 0.25) is 0 Å². The van der Waals surface area contributed by atoms with Gasteiger partial charge in [0.05, 0.1) is 0 Å². The van der Waals surface area contributed by atoms with E-state index in [4.69, 9.17) is 0 Å². The molecule has 4 nitrogen and oxygen atoms in total. The normalized spacial score (nSPS) is 9.77. The summed E-state index contributed by atoms with van der Waals surface area (Å²) in [6, 6.07) is 6.05. The second-order valence-electron chi connectivity index (χ2n) is 2.10.